The standard InChI is InChI=1S/C21H16N4O/c26-21(25-22-14-15-7-2-1-3-8-15)20-13-19(23-24-20)18-12-6-10-16-9-4-5-11-17(16)18/h1-14H,(H,23,24)(H,25,26). The van der Waals surface area contributed by atoms with E-state index < -0.39 is 0 Å². The Morgan fingerprint density at radius 2 is 1.73 bits per heavy atom. The third-order valence-electron chi connectivity index (χ3n) is 4.07. The molecular formula is C21H16N4O. The van der Waals surface area contributed by atoms with E-state index in [1.165, 1.54) is 0 Å². The number of rotatable bonds is 4. The smallest absolute Gasteiger partial charge is 0.272 e. The summed E-state index contributed by atoms with van der Waals surface area (Å²) in [6, 6.07) is 25.4. The van der Waals surface area contributed by atoms with E-state index in [-0.39, 0.29) is 5.91 Å². The van der Waals surface area contributed by atoms with Crippen LogP contribution in [-0.4, -0.2) is 22.3 Å². The predicted molar refractivity (Wildman–Crippen MR) is 103 cm³/mol. The van der Waals surface area contributed by atoms with Gasteiger partial charge in [0.25, 0.3) is 5.91 Å². The van der Waals surface area contributed by atoms with E-state index >= 15 is 0 Å². The van der Waals surface area contributed by atoms with Crippen molar-refractivity contribution in [3.63, 3.8) is 0 Å². The summed E-state index contributed by atoms with van der Waals surface area (Å²) in [5.41, 5.74) is 5.48. The lowest BCUT2D eigenvalue weighted by Crippen LogP contribution is -2.17. The number of fused-ring (bicyclic) bond motifs is 1. The van der Waals surface area contributed by atoms with Gasteiger partial charge in [-0.05, 0) is 22.4 Å². The van der Waals surface area contributed by atoms with E-state index in [2.05, 4.69) is 32.9 Å². The molecule has 0 saturated carbocycles. The first kappa shape index (κ1) is 15.8. The van der Waals surface area contributed by atoms with Crippen LogP contribution in [-0.2, 0) is 0 Å². The number of hydrogen-bond acceptors (Lipinski definition) is 3. The van der Waals surface area contributed by atoms with Gasteiger partial charge in [0.1, 0.15) is 5.69 Å². The molecule has 26 heavy (non-hydrogen) atoms. The molecule has 2 N–H and O–H groups in total. The highest BCUT2D eigenvalue weighted by Crippen LogP contribution is 2.27. The quantitative estimate of drug-likeness (QED) is 0.435. The molecule has 5 nitrogen and oxygen atoms in total. The van der Waals surface area contributed by atoms with Crippen LogP contribution >= 0.6 is 0 Å². The van der Waals surface area contributed by atoms with Crippen molar-refractivity contribution in [1.82, 2.24) is 15.6 Å². The minimum atomic E-state index is -0.337. The minimum Gasteiger partial charge on any atom is -0.272 e. The molecule has 0 unspecified atom stereocenters. The molecule has 126 valence electrons. The molecule has 5 heteroatoms. The molecule has 4 aromatic rings. The maximum absolute atomic E-state index is 12.2. The van der Waals surface area contributed by atoms with Crippen molar-refractivity contribution in [1.29, 1.82) is 0 Å². The number of benzene rings is 3. The summed E-state index contributed by atoms with van der Waals surface area (Å²) in [5.74, 6) is -0.337. The largest absolute Gasteiger partial charge is 0.289 e. The zero-order valence-electron chi connectivity index (χ0n) is 13.9. The summed E-state index contributed by atoms with van der Waals surface area (Å²) in [7, 11) is 0. The highest BCUT2D eigenvalue weighted by molar-refractivity contribution is 5.98. The second-order valence-corrected chi connectivity index (χ2v) is 5.80. The van der Waals surface area contributed by atoms with Crippen LogP contribution in [0.5, 0.6) is 0 Å². The monoisotopic (exact) mass is 340 g/mol. The average molecular weight is 340 g/mol. The molecule has 1 aromatic heterocycles. The molecule has 0 aliphatic carbocycles. The Hall–Kier alpha value is -3.73. The van der Waals surface area contributed by atoms with Gasteiger partial charge in [0, 0.05) is 5.56 Å². The SMILES string of the molecule is O=C(NN=Cc1ccccc1)c1cc(-c2cccc3ccccc23)n[nH]1. The first-order chi connectivity index (χ1) is 12.8. The van der Waals surface area contributed by atoms with Crippen molar-refractivity contribution in [2.75, 3.05) is 0 Å². The topological polar surface area (TPSA) is 70.1 Å². The lowest BCUT2D eigenvalue weighted by Gasteiger charge is -2.02. The molecular weight excluding hydrogens is 324 g/mol. The fourth-order valence-corrected chi connectivity index (χ4v) is 2.79. The van der Waals surface area contributed by atoms with Crippen molar-refractivity contribution >= 4 is 22.9 Å². The Bertz CT molecular complexity index is 1080. The molecule has 0 saturated heterocycles. The third kappa shape index (κ3) is 3.23. The minimum absolute atomic E-state index is 0.337. The molecule has 0 atom stereocenters. The van der Waals surface area contributed by atoms with E-state index in [0.29, 0.717) is 5.69 Å². The van der Waals surface area contributed by atoms with Crippen LogP contribution < -0.4 is 5.43 Å². The molecule has 0 aliphatic rings. The number of nitrogens with one attached hydrogen (secondary N) is 2. The lowest BCUT2D eigenvalue weighted by molar-refractivity contribution is 0.0950. The van der Waals surface area contributed by atoms with Crippen LogP contribution in [0.25, 0.3) is 22.0 Å². The number of amides is 1. The molecule has 1 amide bonds. The summed E-state index contributed by atoms with van der Waals surface area (Å²) in [6.45, 7) is 0. The molecule has 3 aromatic carbocycles. The maximum Gasteiger partial charge on any atom is 0.289 e. The predicted octanol–water partition coefficient (Wildman–Crippen LogP) is 3.99. The summed E-state index contributed by atoms with van der Waals surface area (Å²) >= 11 is 0. The Morgan fingerprint density at radius 1 is 0.962 bits per heavy atom. The number of carbonyl (C=O) groups excluding carboxylic acids is 1. The zero-order chi connectivity index (χ0) is 17.8. The van der Waals surface area contributed by atoms with Gasteiger partial charge in [-0.3, -0.25) is 9.89 Å². The van der Waals surface area contributed by atoms with Crippen LogP contribution in [0.1, 0.15) is 16.1 Å². The van der Waals surface area contributed by atoms with E-state index in [1.807, 2.05) is 60.7 Å². The van der Waals surface area contributed by atoms with E-state index in [1.54, 1.807) is 12.3 Å². The maximum atomic E-state index is 12.2. The van der Waals surface area contributed by atoms with Gasteiger partial charge in [-0.25, -0.2) is 5.43 Å². The van der Waals surface area contributed by atoms with Crippen LogP contribution in [0.2, 0.25) is 0 Å². The number of aromatic nitrogens is 2. The van der Waals surface area contributed by atoms with Crippen LogP contribution in [0.3, 0.4) is 0 Å². The van der Waals surface area contributed by atoms with Gasteiger partial charge >= 0.3 is 0 Å². The molecule has 0 spiro atoms. The molecule has 0 radical (unpaired) electrons. The van der Waals surface area contributed by atoms with Gasteiger partial charge in [0.15, 0.2) is 0 Å². The Kier molecular flexibility index (Phi) is 4.26. The van der Waals surface area contributed by atoms with Gasteiger partial charge in [-0.15, -0.1) is 0 Å². The normalized spacial score (nSPS) is 11.1. The van der Waals surface area contributed by atoms with Gasteiger partial charge < -0.3 is 0 Å². The van der Waals surface area contributed by atoms with Crippen LogP contribution in [0, 0.1) is 0 Å². The number of H-pyrrole nitrogens is 1. The van der Waals surface area contributed by atoms with Gasteiger partial charge in [-0.1, -0.05) is 72.8 Å². The fourth-order valence-electron chi connectivity index (χ4n) is 2.79. The number of carbonyl (C=O) groups is 1. The summed E-state index contributed by atoms with van der Waals surface area (Å²) in [6.07, 6.45) is 1.60. The molecule has 4 rings (SSSR count). The highest BCUT2D eigenvalue weighted by Gasteiger charge is 2.12. The van der Waals surface area contributed by atoms with Crippen molar-refractivity contribution in [3.05, 3.63) is 90.1 Å². The van der Waals surface area contributed by atoms with Crippen LogP contribution in [0.4, 0.5) is 0 Å². The van der Waals surface area contributed by atoms with E-state index in [0.717, 1.165) is 27.6 Å². The third-order valence-corrected chi connectivity index (χ3v) is 4.07. The Labute approximate surface area is 150 Å². The number of aromatic amines is 1. The van der Waals surface area contributed by atoms with E-state index in [9.17, 15) is 4.79 Å². The van der Waals surface area contributed by atoms with Gasteiger partial charge in [0.2, 0.25) is 0 Å². The average Bonchev–Trinajstić information content (AvgIpc) is 3.18. The molecule has 0 bridgehead atoms. The zero-order valence-corrected chi connectivity index (χ0v) is 13.9. The molecule has 0 fully saturated rings. The lowest BCUT2D eigenvalue weighted by atomic mass is 10.0. The number of hydrazone groups is 1. The van der Waals surface area contributed by atoms with Crippen molar-refractivity contribution in [2.24, 2.45) is 5.10 Å². The molecule has 1 heterocycles. The van der Waals surface area contributed by atoms with Crippen LogP contribution in [0.15, 0.2) is 84.0 Å². The number of hydrogen-bond donors (Lipinski definition) is 2. The first-order valence-corrected chi connectivity index (χ1v) is 8.23. The fraction of sp³-hybridized carbons (Fsp3) is 0. The summed E-state index contributed by atoms with van der Waals surface area (Å²) in [5, 5.41) is 13.3. The second kappa shape index (κ2) is 7.03. The Morgan fingerprint density at radius 3 is 2.62 bits per heavy atom. The number of nitrogens with zero attached hydrogens (tertiary/aromatic N) is 2. The highest BCUT2D eigenvalue weighted by atomic mass is 16.2. The molecule has 0 aliphatic heterocycles. The van der Waals surface area contributed by atoms with Crippen molar-refractivity contribution in [3.8, 4) is 11.3 Å². The first-order valence-electron chi connectivity index (χ1n) is 8.23. The van der Waals surface area contributed by atoms with Gasteiger partial charge in [0.05, 0.1) is 11.9 Å². The second-order valence-electron chi connectivity index (χ2n) is 5.80. The van der Waals surface area contributed by atoms with Crippen molar-refractivity contribution < 1.29 is 4.79 Å². The summed E-state index contributed by atoms with van der Waals surface area (Å²) < 4.78 is 0. The van der Waals surface area contributed by atoms with Gasteiger partial charge in [-0.2, -0.15) is 10.2 Å². The summed E-state index contributed by atoms with van der Waals surface area (Å²) in [4.78, 5) is 12.2. The van der Waals surface area contributed by atoms with E-state index in [4.69, 9.17) is 0 Å². The van der Waals surface area contributed by atoms with Crippen molar-refractivity contribution in [2.45, 2.75) is 0 Å². The Balaban J connectivity index is 1.54.